The summed E-state index contributed by atoms with van der Waals surface area (Å²) < 4.78 is 3.74. The highest BCUT2D eigenvalue weighted by Crippen LogP contribution is 2.48. The number of amidine groups is 2. The summed E-state index contributed by atoms with van der Waals surface area (Å²) in [6.07, 6.45) is 5.33. The maximum absolute atomic E-state index is 5.16. The quantitative estimate of drug-likeness (QED) is 0.181. The number of aliphatic imine (C=N–C) groups is 2. The van der Waals surface area contributed by atoms with E-state index in [0.29, 0.717) is 0 Å². The average Bonchev–Trinajstić information content (AvgIpc) is 3.83. The molecule has 7 aromatic carbocycles. The number of hydrogen-bond donors (Lipinski definition) is 1. The number of nitrogens with zero attached hydrogens (tertiary/aromatic N) is 3. The Morgan fingerprint density at radius 3 is 2.04 bits per heavy atom. The first-order chi connectivity index (χ1) is 27.8. The zero-order valence-corrected chi connectivity index (χ0v) is 31.3. The van der Waals surface area contributed by atoms with E-state index in [-0.39, 0.29) is 12.1 Å². The molecule has 2 atom stereocenters. The molecule has 1 aliphatic heterocycles. The molecule has 1 unspecified atom stereocenters. The molecule has 0 fully saturated rings. The van der Waals surface area contributed by atoms with Gasteiger partial charge in [-0.25, -0.2) is 9.98 Å². The monoisotopic (exact) mass is 736 g/mol. The molecule has 11 rings (SSSR count). The van der Waals surface area contributed by atoms with Crippen molar-refractivity contribution in [3.63, 3.8) is 0 Å². The largest absolute Gasteiger partial charge is 0.324 e. The van der Waals surface area contributed by atoms with Crippen LogP contribution >= 0.6 is 11.3 Å². The van der Waals surface area contributed by atoms with Crippen molar-refractivity contribution in [1.82, 2.24) is 9.88 Å². The Balaban J connectivity index is 1.000. The predicted molar refractivity (Wildman–Crippen MR) is 235 cm³/mol. The summed E-state index contributed by atoms with van der Waals surface area (Å²) in [5.74, 6) is 1.89. The Labute approximate surface area is 329 Å². The van der Waals surface area contributed by atoms with E-state index in [1.54, 1.807) is 0 Å². The van der Waals surface area contributed by atoms with E-state index in [2.05, 4.69) is 174 Å². The lowest BCUT2D eigenvalue weighted by Crippen LogP contribution is -2.36. The fraction of sp³-hybridized carbons (Fsp3) is 0.0588. The van der Waals surface area contributed by atoms with Crippen molar-refractivity contribution in [2.75, 3.05) is 0 Å². The number of para-hydroxylation sites is 2. The molecular formula is C51H36N4S. The van der Waals surface area contributed by atoms with Crippen molar-refractivity contribution in [3.05, 3.63) is 215 Å². The van der Waals surface area contributed by atoms with Crippen molar-refractivity contribution >= 4 is 61.0 Å². The molecule has 2 aliphatic rings. The smallest absolute Gasteiger partial charge is 0.169 e. The third-order valence-electron chi connectivity index (χ3n) is 11.2. The van der Waals surface area contributed by atoms with Crippen LogP contribution in [0.4, 0.5) is 0 Å². The number of allylic oxidation sites excluding steroid dienone is 1. The van der Waals surface area contributed by atoms with Crippen LogP contribution < -0.4 is 5.32 Å². The Kier molecular flexibility index (Phi) is 7.85. The van der Waals surface area contributed by atoms with Gasteiger partial charge in [0.25, 0.3) is 0 Å². The summed E-state index contributed by atoms with van der Waals surface area (Å²) in [6.45, 7) is 0. The summed E-state index contributed by atoms with van der Waals surface area (Å²) in [5.41, 5.74) is 12.0. The van der Waals surface area contributed by atoms with Gasteiger partial charge in [0.15, 0.2) is 6.17 Å². The highest BCUT2D eigenvalue weighted by Gasteiger charge is 2.27. The summed E-state index contributed by atoms with van der Waals surface area (Å²) in [6, 6.07) is 62.9. The molecule has 0 spiro atoms. The second-order valence-corrected chi connectivity index (χ2v) is 15.6. The van der Waals surface area contributed by atoms with E-state index < -0.39 is 0 Å². The molecule has 0 saturated carbocycles. The van der Waals surface area contributed by atoms with E-state index >= 15 is 0 Å². The summed E-state index contributed by atoms with van der Waals surface area (Å²) in [7, 11) is 0. The zero-order valence-electron chi connectivity index (χ0n) is 30.5. The van der Waals surface area contributed by atoms with Crippen LogP contribution in [0.2, 0.25) is 0 Å². The second-order valence-electron chi connectivity index (χ2n) is 14.5. The first-order valence-corrected chi connectivity index (χ1v) is 20.0. The van der Waals surface area contributed by atoms with Crippen LogP contribution in [0.3, 0.4) is 0 Å². The van der Waals surface area contributed by atoms with Gasteiger partial charge in [-0.1, -0.05) is 152 Å². The van der Waals surface area contributed by atoms with Crippen LogP contribution in [0.1, 0.15) is 51.2 Å². The Hall–Kier alpha value is -6.82. The zero-order chi connectivity index (χ0) is 37.0. The number of nitrogens with one attached hydrogen (secondary N) is 1. The lowest BCUT2D eigenvalue weighted by atomic mass is 9.83. The van der Waals surface area contributed by atoms with Gasteiger partial charge in [-0.15, -0.1) is 11.3 Å². The number of hydrogen-bond acceptors (Lipinski definition) is 4. The number of thiophene rings is 1. The molecule has 5 heteroatoms. The van der Waals surface area contributed by atoms with Gasteiger partial charge in [0.2, 0.25) is 0 Å². The highest BCUT2D eigenvalue weighted by molar-refractivity contribution is 7.20. The van der Waals surface area contributed by atoms with Gasteiger partial charge < -0.3 is 9.88 Å². The lowest BCUT2D eigenvalue weighted by Gasteiger charge is -2.22. The first kappa shape index (κ1) is 32.6. The van der Waals surface area contributed by atoms with E-state index in [4.69, 9.17) is 9.98 Å². The minimum Gasteiger partial charge on any atom is -0.324 e. The summed E-state index contributed by atoms with van der Waals surface area (Å²) >= 11 is 1.91. The predicted octanol–water partition coefficient (Wildman–Crippen LogP) is 12.7. The van der Waals surface area contributed by atoms with Gasteiger partial charge in [-0.3, -0.25) is 0 Å². The molecule has 1 aliphatic carbocycles. The van der Waals surface area contributed by atoms with Crippen LogP contribution in [-0.2, 0) is 0 Å². The van der Waals surface area contributed by atoms with Crippen LogP contribution in [-0.4, -0.2) is 16.2 Å². The Bertz CT molecular complexity index is 3030. The topological polar surface area (TPSA) is 41.7 Å². The van der Waals surface area contributed by atoms with E-state index in [1.807, 2.05) is 35.6 Å². The van der Waals surface area contributed by atoms with Crippen LogP contribution in [0, 0.1) is 0 Å². The fourth-order valence-electron chi connectivity index (χ4n) is 8.61. The molecule has 56 heavy (non-hydrogen) atoms. The third kappa shape index (κ3) is 5.51. The van der Waals surface area contributed by atoms with Crippen molar-refractivity contribution in [2.24, 2.45) is 9.98 Å². The van der Waals surface area contributed by atoms with Gasteiger partial charge in [0.1, 0.15) is 11.7 Å². The number of benzene rings is 7. The molecule has 0 saturated heterocycles. The molecule has 1 N–H and O–H groups in total. The summed E-state index contributed by atoms with van der Waals surface area (Å²) in [4.78, 5) is 11.6. The van der Waals surface area contributed by atoms with Crippen molar-refractivity contribution in [3.8, 4) is 16.8 Å². The molecule has 2 aromatic heterocycles. The van der Waals surface area contributed by atoms with Gasteiger partial charge in [0.05, 0.1) is 11.0 Å². The van der Waals surface area contributed by atoms with Gasteiger partial charge in [-0.05, 0) is 76.0 Å². The summed E-state index contributed by atoms with van der Waals surface area (Å²) in [5, 5.41) is 7.49. The number of rotatable bonds is 6. The van der Waals surface area contributed by atoms with Crippen LogP contribution in [0.25, 0.3) is 54.8 Å². The molecule has 0 radical (unpaired) electrons. The maximum Gasteiger partial charge on any atom is 0.169 e. The number of aromatic nitrogens is 1. The standard InChI is InChI=1S/C51H36N4S/c1-4-15-33(16-5-1)49-52-50(34-17-6-2-7-18-34)54-51(53-49)37-20-12-19-35(31-37)40-25-13-26-43-47-39(24-14-28-46(47)56-48(40)43)36-29-30-42-41-23-10-11-27-44(41)55(45(42)32-36)38-21-8-3-9-22-38/h1-23,25-32,39,49H,24H2,(H,52,53,54)/t39-,49?/m1/s1. The Morgan fingerprint density at radius 1 is 0.536 bits per heavy atom. The third-order valence-corrected chi connectivity index (χ3v) is 12.4. The molecule has 3 heterocycles. The molecule has 0 bridgehead atoms. The van der Waals surface area contributed by atoms with Gasteiger partial charge in [-0.2, -0.15) is 0 Å². The van der Waals surface area contributed by atoms with Crippen molar-refractivity contribution < 1.29 is 0 Å². The minimum atomic E-state index is -0.337. The fourth-order valence-corrected chi connectivity index (χ4v) is 9.94. The van der Waals surface area contributed by atoms with Crippen LogP contribution in [0.15, 0.2) is 192 Å². The second kappa shape index (κ2) is 13.5. The SMILES string of the molecule is C1=Cc2sc3c(-c4cccc(C5=NC(c6ccccc6)N=C(c6ccccc6)N5)c4)cccc3c2[C@@H](c2ccc3c4ccccc4n(-c4ccccc4)c3c2)C1. The van der Waals surface area contributed by atoms with Crippen molar-refractivity contribution in [2.45, 2.75) is 18.5 Å². The van der Waals surface area contributed by atoms with Crippen LogP contribution in [0.5, 0.6) is 0 Å². The molecule has 9 aromatic rings. The van der Waals surface area contributed by atoms with E-state index in [9.17, 15) is 0 Å². The molecule has 0 amide bonds. The molecule has 4 nitrogen and oxygen atoms in total. The normalized spacial score (nSPS) is 16.4. The number of fused-ring (bicyclic) bond motifs is 6. The van der Waals surface area contributed by atoms with E-state index in [1.165, 1.54) is 64.7 Å². The highest BCUT2D eigenvalue weighted by atomic mass is 32.1. The lowest BCUT2D eigenvalue weighted by molar-refractivity contribution is 0.756. The average molecular weight is 737 g/mol. The molecular weight excluding hydrogens is 701 g/mol. The van der Waals surface area contributed by atoms with Gasteiger partial charge in [0, 0.05) is 43.1 Å². The van der Waals surface area contributed by atoms with E-state index in [0.717, 1.165) is 34.8 Å². The first-order valence-electron chi connectivity index (χ1n) is 19.2. The van der Waals surface area contributed by atoms with Gasteiger partial charge >= 0.3 is 0 Å². The van der Waals surface area contributed by atoms with Crippen molar-refractivity contribution in [1.29, 1.82) is 0 Å². The minimum absolute atomic E-state index is 0.253. The molecule has 266 valence electrons. The Morgan fingerprint density at radius 2 is 1.20 bits per heavy atom. The maximum atomic E-state index is 5.16.